The molecular formula is C19H20N4O. The van der Waals surface area contributed by atoms with E-state index >= 15 is 0 Å². The van der Waals surface area contributed by atoms with Gasteiger partial charge in [-0.15, -0.1) is 0 Å². The van der Waals surface area contributed by atoms with E-state index < -0.39 is 0 Å². The summed E-state index contributed by atoms with van der Waals surface area (Å²) in [6.45, 7) is 4.46. The van der Waals surface area contributed by atoms with Gasteiger partial charge in [-0.25, -0.2) is 4.98 Å². The van der Waals surface area contributed by atoms with Crippen LogP contribution in [0.15, 0.2) is 48.8 Å². The Hall–Kier alpha value is -2.82. The number of hydrogen-bond donors (Lipinski definition) is 1. The number of amides is 1. The first-order valence-corrected chi connectivity index (χ1v) is 8.27. The van der Waals surface area contributed by atoms with Gasteiger partial charge in [-0.1, -0.05) is 24.3 Å². The van der Waals surface area contributed by atoms with E-state index in [1.807, 2.05) is 29.7 Å². The highest BCUT2D eigenvalue weighted by molar-refractivity contribution is 5.92. The van der Waals surface area contributed by atoms with Crippen LogP contribution in [0.3, 0.4) is 0 Å². The van der Waals surface area contributed by atoms with Crippen molar-refractivity contribution >= 4 is 17.2 Å². The van der Waals surface area contributed by atoms with Gasteiger partial charge in [0.05, 0.1) is 0 Å². The van der Waals surface area contributed by atoms with Gasteiger partial charge in [0.2, 0.25) is 0 Å². The molecule has 0 saturated carbocycles. The predicted octanol–water partition coefficient (Wildman–Crippen LogP) is 2.44. The zero-order chi connectivity index (χ0) is 16.5. The van der Waals surface area contributed by atoms with Gasteiger partial charge < -0.3 is 14.6 Å². The summed E-state index contributed by atoms with van der Waals surface area (Å²) in [4.78, 5) is 19.0. The molecular weight excluding hydrogens is 300 g/mol. The molecule has 0 spiro atoms. The van der Waals surface area contributed by atoms with Crippen LogP contribution in [0.4, 0.5) is 5.69 Å². The van der Waals surface area contributed by atoms with E-state index in [4.69, 9.17) is 0 Å². The number of aryl methyl sites for hydroxylation is 1. The first-order valence-electron chi connectivity index (χ1n) is 8.27. The van der Waals surface area contributed by atoms with Crippen molar-refractivity contribution in [2.45, 2.75) is 13.3 Å². The summed E-state index contributed by atoms with van der Waals surface area (Å²) < 4.78 is 1.89. The molecule has 1 amide bonds. The van der Waals surface area contributed by atoms with Crippen LogP contribution >= 0.6 is 0 Å². The van der Waals surface area contributed by atoms with Gasteiger partial charge in [0.1, 0.15) is 11.3 Å². The minimum Gasteiger partial charge on any atom is -0.369 e. The van der Waals surface area contributed by atoms with E-state index in [1.165, 1.54) is 11.3 Å². The molecule has 3 aromatic rings. The van der Waals surface area contributed by atoms with Crippen LogP contribution in [0.1, 0.15) is 21.6 Å². The van der Waals surface area contributed by atoms with Crippen LogP contribution in [-0.4, -0.2) is 34.9 Å². The highest BCUT2D eigenvalue weighted by Crippen LogP contribution is 2.26. The quantitative estimate of drug-likeness (QED) is 0.803. The van der Waals surface area contributed by atoms with Crippen molar-refractivity contribution in [3.05, 3.63) is 65.6 Å². The summed E-state index contributed by atoms with van der Waals surface area (Å²) in [5, 5.41) is 2.98. The fourth-order valence-electron chi connectivity index (χ4n) is 3.25. The Kier molecular flexibility index (Phi) is 3.69. The highest BCUT2D eigenvalue weighted by atomic mass is 16.1. The van der Waals surface area contributed by atoms with Crippen LogP contribution < -0.4 is 10.2 Å². The molecule has 5 nitrogen and oxygen atoms in total. The lowest BCUT2D eigenvalue weighted by Crippen LogP contribution is -2.34. The Labute approximate surface area is 140 Å². The summed E-state index contributed by atoms with van der Waals surface area (Å²) in [7, 11) is 0. The van der Waals surface area contributed by atoms with Crippen molar-refractivity contribution in [3.63, 3.8) is 0 Å². The lowest BCUT2D eigenvalue weighted by Gasteiger charge is -2.19. The number of aromatic nitrogens is 2. The lowest BCUT2D eigenvalue weighted by molar-refractivity contribution is 0.0950. The molecule has 1 aliphatic rings. The van der Waals surface area contributed by atoms with Gasteiger partial charge in [0.15, 0.2) is 0 Å². The minimum absolute atomic E-state index is 0.121. The zero-order valence-corrected chi connectivity index (χ0v) is 13.7. The van der Waals surface area contributed by atoms with E-state index in [1.54, 1.807) is 6.20 Å². The fraction of sp³-hybridized carbons (Fsp3) is 0.263. The molecule has 0 saturated heterocycles. The number of nitrogens with one attached hydrogen (secondary N) is 1. The normalized spacial score (nSPS) is 13.3. The Morgan fingerprint density at radius 3 is 3.00 bits per heavy atom. The van der Waals surface area contributed by atoms with Gasteiger partial charge in [-0.3, -0.25) is 4.79 Å². The molecule has 24 heavy (non-hydrogen) atoms. The van der Waals surface area contributed by atoms with Crippen LogP contribution in [0.2, 0.25) is 0 Å². The average Bonchev–Trinajstić information content (AvgIpc) is 3.18. The number of anilines is 1. The van der Waals surface area contributed by atoms with Crippen molar-refractivity contribution in [2.75, 3.05) is 24.5 Å². The van der Waals surface area contributed by atoms with Crippen LogP contribution in [0.5, 0.6) is 0 Å². The third kappa shape index (κ3) is 2.73. The van der Waals surface area contributed by atoms with Crippen molar-refractivity contribution in [1.29, 1.82) is 0 Å². The number of fused-ring (bicyclic) bond motifs is 2. The van der Waals surface area contributed by atoms with E-state index in [0.29, 0.717) is 12.2 Å². The Bertz CT molecular complexity index is 899. The number of rotatable bonds is 4. The van der Waals surface area contributed by atoms with Gasteiger partial charge in [-0.05, 0) is 36.6 Å². The Morgan fingerprint density at radius 1 is 1.21 bits per heavy atom. The number of pyridine rings is 1. The van der Waals surface area contributed by atoms with Gasteiger partial charge in [0, 0.05) is 37.7 Å². The van der Waals surface area contributed by atoms with Crippen LogP contribution in [0, 0.1) is 6.92 Å². The number of nitrogens with zero attached hydrogens (tertiary/aromatic N) is 3. The zero-order valence-electron chi connectivity index (χ0n) is 13.7. The number of hydrogen-bond acceptors (Lipinski definition) is 3. The number of imidazole rings is 1. The Balaban J connectivity index is 1.38. The molecule has 2 aromatic heterocycles. The lowest BCUT2D eigenvalue weighted by atomic mass is 10.2. The van der Waals surface area contributed by atoms with Gasteiger partial charge in [0.25, 0.3) is 5.91 Å². The molecule has 0 fully saturated rings. The fourth-order valence-corrected chi connectivity index (χ4v) is 3.25. The number of carbonyl (C=O) groups is 1. The minimum atomic E-state index is -0.121. The predicted molar refractivity (Wildman–Crippen MR) is 94.6 cm³/mol. The molecule has 0 aliphatic carbocycles. The van der Waals surface area contributed by atoms with Crippen LogP contribution in [-0.2, 0) is 6.42 Å². The maximum Gasteiger partial charge on any atom is 0.271 e. The summed E-state index contributed by atoms with van der Waals surface area (Å²) in [6.07, 6.45) is 4.83. The maximum atomic E-state index is 12.3. The second-order valence-electron chi connectivity index (χ2n) is 6.22. The van der Waals surface area contributed by atoms with E-state index in [-0.39, 0.29) is 5.91 Å². The average molecular weight is 320 g/mol. The first kappa shape index (κ1) is 14.8. The van der Waals surface area contributed by atoms with Gasteiger partial charge in [-0.2, -0.15) is 0 Å². The number of para-hydroxylation sites is 1. The molecule has 0 radical (unpaired) electrons. The second kappa shape index (κ2) is 6.00. The number of benzene rings is 1. The summed E-state index contributed by atoms with van der Waals surface area (Å²) >= 11 is 0. The monoisotopic (exact) mass is 320 g/mol. The molecule has 0 atom stereocenters. The van der Waals surface area contributed by atoms with Crippen molar-refractivity contribution in [2.24, 2.45) is 0 Å². The molecule has 3 heterocycles. The van der Waals surface area contributed by atoms with E-state index in [0.717, 1.165) is 30.7 Å². The summed E-state index contributed by atoms with van der Waals surface area (Å²) in [5.74, 6) is -0.121. The van der Waals surface area contributed by atoms with E-state index in [2.05, 4.69) is 39.5 Å². The van der Waals surface area contributed by atoms with Crippen molar-refractivity contribution in [3.8, 4) is 0 Å². The smallest absolute Gasteiger partial charge is 0.271 e. The number of carbonyl (C=O) groups excluding carboxylic acids is 1. The highest BCUT2D eigenvalue weighted by Gasteiger charge is 2.18. The largest absolute Gasteiger partial charge is 0.369 e. The van der Waals surface area contributed by atoms with Crippen LogP contribution in [0.25, 0.3) is 5.65 Å². The second-order valence-corrected chi connectivity index (χ2v) is 6.22. The first-order chi connectivity index (χ1) is 11.7. The standard InChI is InChI=1S/C19H20N4O/c1-14-6-7-18-21-16(13-23(18)12-14)19(24)20-9-11-22-10-8-15-4-2-3-5-17(15)22/h2-7,12-13H,8-11H2,1H3,(H,20,24). The summed E-state index contributed by atoms with van der Waals surface area (Å²) in [6, 6.07) is 12.4. The SMILES string of the molecule is Cc1ccc2nc(C(=O)NCCN3CCc4ccccc43)cn2c1. The van der Waals surface area contributed by atoms with Crippen molar-refractivity contribution in [1.82, 2.24) is 14.7 Å². The molecule has 4 rings (SSSR count). The summed E-state index contributed by atoms with van der Waals surface area (Å²) in [5.41, 5.74) is 5.07. The van der Waals surface area contributed by atoms with Crippen molar-refractivity contribution < 1.29 is 4.79 Å². The molecule has 5 heteroatoms. The Morgan fingerprint density at radius 2 is 2.08 bits per heavy atom. The molecule has 1 N–H and O–H groups in total. The third-order valence-electron chi connectivity index (χ3n) is 4.48. The molecule has 1 aliphatic heterocycles. The van der Waals surface area contributed by atoms with E-state index in [9.17, 15) is 4.79 Å². The maximum absolute atomic E-state index is 12.3. The van der Waals surface area contributed by atoms with Gasteiger partial charge >= 0.3 is 0 Å². The third-order valence-corrected chi connectivity index (χ3v) is 4.48. The topological polar surface area (TPSA) is 49.6 Å². The molecule has 122 valence electrons. The molecule has 1 aromatic carbocycles. The molecule has 0 unspecified atom stereocenters. The molecule has 0 bridgehead atoms.